The molecule has 2 aromatic rings. The molecule has 0 aliphatic carbocycles. The molecule has 0 fully saturated rings. The van der Waals surface area contributed by atoms with Gasteiger partial charge in [-0.05, 0) is 60.8 Å². The first-order valence-corrected chi connectivity index (χ1v) is 7.95. The molecule has 126 valence electrons. The first kappa shape index (κ1) is 16.4. The van der Waals surface area contributed by atoms with Crippen LogP contribution in [0.15, 0.2) is 30.5 Å². The van der Waals surface area contributed by atoms with Crippen molar-refractivity contribution in [3.63, 3.8) is 0 Å². The van der Waals surface area contributed by atoms with E-state index in [-0.39, 0.29) is 18.3 Å². The summed E-state index contributed by atoms with van der Waals surface area (Å²) < 4.78 is 18.2. The van der Waals surface area contributed by atoms with Gasteiger partial charge in [-0.25, -0.2) is 4.39 Å². The van der Waals surface area contributed by atoms with Gasteiger partial charge in [0.1, 0.15) is 11.6 Å². The van der Waals surface area contributed by atoms with E-state index in [2.05, 4.69) is 15.6 Å². The number of amides is 1. The second-order valence-electron chi connectivity index (χ2n) is 5.77. The van der Waals surface area contributed by atoms with Gasteiger partial charge in [-0.1, -0.05) is 0 Å². The van der Waals surface area contributed by atoms with Gasteiger partial charge < -0.3 is 15.4 Å². The van der Waals surface area contributed by atoms with Crippen molar-refractivity contribution >= 4 is 5.91 Å². The summed E-state index contributed by atoms with van der Waals surface area (Å²) >= 11 is 0. The minimum absolute atomic E-state index is 0.102. The minimum Gasteiger partial charge on any atom is -0.484 e. The third-order valence-corrected chi connectivity index (χ3v) is 4.12. The predicted molar refractivity (Wildman–Crippen MR) is 88.1 cm³/mol. The third-order valence-electron chi connectivity index (χ3n) is 4.12. The number of benzene rings is 1. The maximum atomic E-state index is 12.8. The number of aromatic nitrogens is 1. The lowest BCUT2D eigenvalue weighted by Crippen LogP contribution is -2.31. The smallest absolute Gasteiger partial charge is 0.258 e. The quantitative estimate of drug-likeness (QED) is 0.879. The molecule has 2 N–H and O–H groups in total. The highest BCUT2D eigenvalue weighted by atomic mass is 19.1. The number of rotatable bonds is 5. The zero-order valence-electron chi connectivity index (χ0n) is 13.6. The molecule has 1 aliphatic heterocycles. The molecule has 6 heteroatoms. The normalized spacial score (nSPS) is 13.2. The summed E-state index contributed by atoms with van der Waals surface area (Å²) in [6.07, 6.45) is 2.84. The second kappa shape index (κ2) is 7.40. The Bertz CT molecular complexity index is 732. The van der Waals surface area contributed by atoms with Gasteiger partial charge in [-0.3, -0.25) is 9.78 Å². The number of carbonyl (C=O) groups is 1. The number of hydrogen-bond donors (Lipinski definition) is 2. The molecule has 0 radical (unpaired) electrons. The molecule has 5 nitrogen and oxygen atoms in total. The maximum absolute atomic E-state index is 12.8. The van der Waals surface area contributed by atoms with Gasteiger partial charge in [0, 0.05) is 25.0 Å². The Morgan fingerprint density at radius 3 is 2.96 bits per heavy atom. The monoisotopic (exact) mass is 329 g/mol. The van der Waals surface area contributed by atoms with Crippen LogP contribution in [0.25, 0.3) is 0 Å². The van der Waals surface area contributed by atoms with Crippen molar-refractivity contribution in [2.24, 2.45) is 0 Å². The number of carbonyl (C=O) groups excluding carboxylic acids is 1. The molecular formula is C18H20FN3O2. The highest BCUT2D eigenvalue weighted by Gasteiger charge is 2.16. The van der Waals surface area contributed by atoms with Crippen LogP contribution in [0.2, 0.25) is 0 Å². The Morgan fingerprint density at radius 2 is 2.17 bits per heavy atom. The molecule has 3 rings (SSSR count). The van der Waals surface area contributed by atoms with Crippen LogP contribution >= 0.6 is 0 Å². The SMILES string of the molecule is Cc1ncc2c(c1CNC(=O)COc1ccc(F)cc1)CCNC2. The fourth-order valence-corrected chi connectivity index (χ4v) is 2.80. The summed E-state index contributed by atoms with van der Waals surface area (Å²) in [6.45, 7) is 4.05. The van der Waals surface area contributed by atoms with E-state index in [9.17, 15) is 9.18 Å². The fraction of sp³-hybridized carbons (Fsp3) is 0.333. The molecule has 0 unspecified atom stereocenters. The number of aryl methyl sites for hydroxylation is 1. The summed E-state index contributed by atoms with van der Waals surface area (Å²) in [5, 5.41) is 6.19. The van der Waals surface area contributed by atoms with Crippen LogP contribution in [0.3, 0.4) is 0 Å². The number of nitrogens with zero attached hydrogens (tertiary/aromatic N) is 1. The Labute approximate surface area is 140 Å². The number of hydrogen-bond acceptors (Lipinski definition) is 4. The van der Waals surface area contributed by atoms with Gasteiger partial charge in [0.2, 0.25) is 0 Å². The molecule has 0 atom stereocenters. The van der Waals surface area contributed by atoms with E-state index in [1.165, 1.54) is 35.4 Å². The highest BCUT2D eigenvalue weighted by Crippen LogP contribution is 2.20. The number of fused-ring (bicyclic) bond motifs is 1. The Morgan fingerprint density at radius 1 is 1.38 bits per heavy atom. The summed E-state index contributed by atoms with van der Waals surface area (Å²) in [4.78, 5) is 16.4. The van der Waals surface area contributed by atoms with E-state index >= 15 is 0 Å². The Hall–Kier alpha value is -2.47. The van der Waals surface area contributed by atoms with Crippen LogP contribution in [0.5, 0.6) is 5.75 Å². The van der Waals surface area contributed by atoms with Crippen molar-refractivity contribution in [3.8, 4) is 5.75 Å². The Kier molecular flexibility index (Phi) is 5.05. The van der Waals surface area contributed by atoms with Gasteiger partial charge in [-0.15, -0.1) is 0 Å². The topological polar surface area (TPSA) is 63.2 Å². The van der Waals surface area contributed by atoms with E-state index in [0.717, 1.165) is 30.8 Å². The first-order valence-electron chi connectivity index (χ1n) is 7.95. The van der Waals surface area contributed by atoms with Gasteiger partial charge in [0.05, 0.1) is 0 Å². The van der Waals surface area contributed by atoms with Gasteiger partial charge in [0.15, 0.2) is 6.61 Å². The molecule has 1 amide bonds. The number of halogens is 1. The average Bonchev–Trinajstić information content (AvgIpc) is 2.60. The highest BCUT2D eigenvalue weighted by molar-refractivity contribution is 5.77. The number of pyridine rings is 1. The van der Waals surface area contributed by atoms with Crippen LogP contribution in [0.4, 0.5) is 4.39 Å². The van der Waals surface area contributed by atoms with Crippen molar-refractivity contribution in [1.29, 1.82) is 0 Å². The van der Waals surface area contributed by atoms with Crippen molar-refractivity contribution in [2.75, 3.05) is 13.2 Å². The van der Waals surface area contributed by atoms with Crippen LogP contribution in [-0.4, -0.2) is 24.0 Å². The molecule has 2 heterocycles. The van der Waals surface area contributed by atoms with E-state index in [1.54, 1.807) is 0 Å². The molecule has 0 spiro atoms. The largest absolute Gasteiger partial charge is 0.484 e. The second-order valence-corrected chi connectivity index (χ2v) is 5.77. The third kappa shape index (κ3) is 3.89. The van der Waals surface area contributed by atoms with Crippen LogP contribution in [-0.2, 0) is 24.3 Å². The average molecular weight is 329 g/mol. The molecule has 24 heavy (non-hydrogen) atoms. The van der Waals surface area contributed by atoms with E-state index in [0.29, 0.717) is 12.3 Å². The van der Waals surface area contributed by atoms with E-state index in [1.807, 2.05) is 13.1 Å². The maximum Gasteiger partial charge on any atom is 0.258 e. The fourth-order valence-electron chi connectivity index (χ4n) is 2.80. The van der Waals surface area contributed by atoms with Crippen LogP contribution in [0.1, 0.15) is 22.4 Å². The van der Waals surface area contributed by atoms with Crippen molar-refractivity contribution < 1.29 is 13.9 Å². The molecule has 1 aliphatic rings. The molecule has 0 saturated carbocycles. The molecule has 1 aromatic heterocycles. The first-order chi connectivity index (χ1) is 11.6. The predicted octanol–water partition coefficient (Wildman–Crippen LogP) is 1.87. The lowest BCUT2D eigenvalue weighted by atomic mass is 9.96. The van der Waals surface area contributed by atoms with Gasteiger partial charge >= 0.3 is 0 Å². The van der Waals surface area contributed by atoms with Gasteiger partial charge in [0.25, 0.3) is 5.91 Å². The summed E-state index contributed by atoms with van der Waals surface area (Å²) in [6, 6.07) is 5.59. The van der Waals surface area contributed by atoms with Crippen molar-refractivity contribution in [3.05, 3.63) is 58.7 Å². The van der Waals surface area contributed by atoms with Crippen molar-refractivity contribution in [2.45, 2.75) is 26.4 Å². The van der Waals surface area contributed by atoms with Crippen LogP contribution < -0.4 is 15.4 Å². The van der Waals surface area contributed by atoms with Gasteiger partial charge in [-0.2, -0.15) is 0 Å². The molecule has 0 bridgehead atoms. The standard InChI is InChI=1S/C18H20FN3O2/c1-12-17(16-6-7-20-8-13(16)9-21-12)10-22-18(23)11-24-15-4-2-14(19)3-5-15/h2-5,9,20H,6-8,10-11H2,1H3,(H,22,23). The molecule has 0 saturated heterocycles. The van der Waals surface area contributed by atoms with Crippen molar-refractivity contribution in [1.82, 2.24) is 15.6 Å². The summed E-state index contributed by atoms with van der Waals surface area (Å²) in [5.41, 5.74) is 4.50. The van der Waals surface area contributed by atoms with E-state index in [4.69, 9.17) is 4.74 Å². The molecular weight excluding hydrogens is 309 g/mol. The lowest BCUT2D eigenvalue weighted by molar-refractivity contribution is -0.123. The number of nitrogens with one attached hydrogen (secondary N) is 2. The lowest BCUT2D eigenvalue weighted by Gasteiger charge is -2.21. The summed E-state index contributed by atoms with van der Waals surface area (Å²) in [5.74, 6) is -0.0871. The summed E-state index contributed by atoms with van der Waals surface area (Å²) in [7, 11) is 0. The van der Waals surface area contributed by atoms with Crippen LogP contribution in [0, 0.1) is 12.7 Å². The Balaban J connectivity index is 1.57. The number of ether oxygens (including phenoxy) is 1. The minimum atomic E-state index is -0.335. The van der Waals surface area contributed by atoms with E-state index < -0.39 is 0 Å². The zero-order valence-corrected chi connectivity index (χ0v) is 13.6. The molecule has 1 aromatic carbocycles. The zero-order chi connectivity index (χ0) is 16.9.